The van der Waals surface area contributed by atoms with Crippen LogP contribution in [0.1, 0.15) is 29.8 Å². The molecule has 1 aliphatic rings. The second kappa shape index (κ2) is 7.72. The molecule has 0 bridgehead atoms. The van der Waals surface area contributed by atoms with E-state index in [9.17, 15) is 9.90 Å². The summed E-state index contributed by atoms with van der Waals surface area (Å²) in [5.74, 6) is -0.141. The highest BCUT2D eigenvalue weighted by molar-refractivity contribution is 7.13. The molecule has 0 spiro atoms. The van der Waals surface area contributed by atoms with Gasteiger partial charge < -0.3 is 15.3 Å². The van der Waals surface area contributed by atoms with Gasteiger partial charge in [0.25, 0.3) is 5.91 Å². The smallest absolute Gasteiger partial charge is 0.271 e. The SMILES string of the molecule is O=C(NCCCN1CCC(O)CC1)c1cc(-c2cccs2)[nH]n1. The maximum atomic E-state index is 12.1. The third kappa shape index (κ3) is 4.40. The van der Waals surface area contributed by atoms with Crippen molar-refractivity contribution in [2.45, 2.75) is 25.4 Å². The molecule has 7 heteroatoms. The Balaban J connectivity index is 1.40. The van der Waals surface area contributed by atoms with Crippen molar-refractivity contribution in [1.29, 1.82) is 0 Å². The number of hydrogen-bond donors (Lipinski definition) is 3. The van der Waals surface area contributed by atoms with E-state index >= 15 is 0 Å². The molecule has 1 saturated heterocycles. The molecule has 2 aromatic heterocycles. The molecular formula is C16H22N4O2S. The fourth-order valence-corrected chi connectivity index (χ4v) is 3.43. The predicted octanol–water partition coefficient (Wildman–Crippen LogP) is 1.71. The topological polar surface area (TPSA) is 81.3 Å². The van der Waals surface area contributed by atoms with Crippen LogP contribution in [0.5, 0.6) is 0 Å². The third-order valence-corrected chi connectivity index (χ3v) is 4.99. The van der Waals surface area contributed by atoms with Crippen LogP contribution in [0.3, 0.4) is 0 Å². The predicted molar refractivity (Wildman–Crippen MR) is 90.5 cm³/mol. The number of amides is 1. The molecule has 0 unspecified atom stereocenters. The molecule has 0 atom stereocenters. The van der Waals surface area contributed by atoms with Crippen molar-refractivity contribution in [1.82, 2.24) is 20.4 Å². The number of likely N-dealkylation sites (tertiary alicyclic amines) is 1. The minimum Gasteiger partial charge on any atom is -0.393 e. The van der Waals surface area contributed by atoms with Crippen LogP contribution < -0.4 is 5.32 Å². The summed E-state index contributed by atoms with van der Waals surface area (Å²) in [7, 11) is 0. The average Bonchev–Trinajstić information content (AvgIpc) is 3.23. The highest BCUT2D eigenvalue weighted by atomic mass is 32.1. The molecule has 3 rings (SSSR count). The molecule has 0 aliphatic carbocycles. The first-order chi connectivity index (χ1) is 11.2. The number of piperidine rings is 1. The average molecular weight is 334 g/mol. The van der Waals surface area contributed by atoms with E-state index in [1.165, 1.54) is 0 Å². The number of aliphatic hydroxyl groups excluding tert-OH is 1. The number of aromatic amines is 1. The molecule has 1 amide bonds. The summed E-state index contributed by atoms with van der Waals surface area (Å²) < 4.78 is 0. The molecule has 3 heterocycles. The van der Waals surface area contributed by atoms with Crippen LogP contribution in [-0.2, 0) is 0 Å². The highest BCUT2D eigenvalue weighted by Crippen LogP contribution is 2.22. The molecule has 0 aromatic carbocycles. The lowest BCUT2D eigenvalue weighted by atomic mass is 10.1. The normalized spacial score (nSPS) is 16.6. The number of rotatable bonds is 6. The molecule has 1 fully saturated rings. The maximum Gasteiger partial charge on any atom is 0.271 e. The lowest BCUT2D eigenvalue weighted by molar-refractivity contribution is 0.0816. The highest BCUT2D eigenvalue weighted by Gasteiger charge is 2.16. The van der Waals surface area contributed by atoms with Crippen LogP contribution in [0, 0.1) is 0 Å². The summed E-state index contributed by atoms with van der Waals surface area (Å²) >= 11 is 1.61. The number of carbonyl (C=O) groups is 1. The molecular weight excluding hydrogens is 312 g/mol. The number of aromatic nitrogens is 2. The second-order valence-corrected chi connectivity index (χ2v) is 6.77. The first kappa shape index (κ1) is 16.2. The fourth-order valence-electron chi connectivity index (χ4n) is 2.73. The van der Waals surface area contributed by atoms with E-state index in [1.54, 1.807) is 17.4 Å². The van der Waals surface area contributed by atoms with E-state index < -0.39 is 0 Å². The summed E-state index contributed by atoms with van der Waals surface area (Å²) in [6.45, 7) is 3.48. The lowest BCUT2D eigenvalue weighted by Crippen LogP contribution is -2.37. The Morgan fingerprint density at radius 1 is 1.48 bits per heavy atom. The van der Waals surface area contributed by atoms with Crippen LogP contribution >= 0.6 is 11.3 Å². The fraction of sp³-hybridized carbons (Fsp3) is 0.500. The first-order valence-corrected chi connectivity index (χ1v) is 8.88. The van der Waals surface area contributed by atoms with Crippen molar-refractivity contribution in [3.8, 4) is 10.6 Å². The Morgan fingerprint density at radius 2 is 2.30 bits per heavy atom. The van der Waals surface area contributed by atoms with Gasteiger partial charge in [-0.1, -0.05) is 6.07 Å². The molecule has 0 radical (unpaired) electrons. The van der Waals surface area contributed by atoms with Crippen molar-refractivity contribution in [3.05, 3.63) is 29.3 Å². The summed E-state index contributed by atoms with van der Waals surface area (Å²) in [6.07, 6.45) is 2.48. The standard InChI is InChI=1S/C16H22N4O2S/c21-12-4-8-20(9-5-12)7-2-6-17-16(22)14-11-13(18-19-14)15-3-1-10-23-15/h1,3,10-12,21H,2,4-9H2,(H,17,22)(H,18,19). The molecule has 0 saturated carbocycles. The van der Waals surface area contributed by atoms with Crippen LogP contribution in [0.2, 0.25) is 0 Å². The largest absolute Gasteiger partial charge is 0.393 e. The Labute approximate surface area is 139 Å². The first-order valence-electron chi connectivity index (χ1n) is 8.00. The number of nitrogens with one attached hydrogen (secondary N) is 2. The molecule has 3 N–H and O–H groups in total. The van der Waals surface area contributed by atoms with Gasteiger partial charge in [-0.15, -0.1) is 11.3 Å². The monoisotopic (exact) mass is 334 g/mol. The van der Waals surface area contributed by atoms with Crippen molar-refractivity contribution < 1.29 is 9.90 Å². The summed E-state index contributed by atoms with van der Waals surface area (Å²) in [6, 6.07) is 5.75. The zero-order valence-electron chi connectivity index (χ0n) is 13.0. The number of H-pyrrole nitrogens is 1. The van der Waals surface area contributed by atoms with Crippen LogP contribution in [-0.4, -0.2) is 58.4 Å². The number of nitrogens with zero attached hydrogens (tertiary/aromatic N) is 2. The van der Waals surface area contributed by atoms with Crippen molar-refractivity contribution in [3.63, 3.8) is 0 Å². The number of carbonyl (C=O) groups excluding carboxylic acids is 1. The molecule has 23 heavy (non-hydrogen) atoms. The van der Waals surface area contributed by atoms with Gasteiger partial charge in [0.05, 0.1) is 16.7 Å². The molecule has 124 valence electrons. The van der Waals surface area contributed by atoms with Gasteiger partial charge in [0.1, 0.15) is 0 Å². The second-order valence-electron chi connectivity index (χ2n) is 5.83. The lowest BCUT2D eigenvalue weighted by Gasteiger charge is -2.29. The van der Waals surface area contributed by atoms with Gasteiger partial charge in [0.2, 0.25) is 0 Å². The van der Waals surface area contributed by atoms with Gasteiger partial charge >= 0.3 is 0 Å². The zero-order chi connectivity index (χ0) is 16.1. The summed E-state index contributed by atoms with van der Waals surface area (Å²) in [5, 5.41) is 21.4. The van der Waals surface area contributed by atoms with Crippen molar-refractivity contribution >= 4 is 17.2 Å². The minimum atomic E-state index is -0.141. The van der Waals surface area contributed by atoms with Crippen LogP contribution in [0.4, 0.5) is 0 Å². The van der Waals surface area contributed by atoms with Gasteiger partial charge in [-0.25, -0.2) is 0 Å². The molecule has 6 nitrogen and oxygen atoms in total. The Morgan fingerprint density at radius 3 is 3.04 bits per heavy atom. The van der Waals surface area contributed by atoms with E-state index in [0.29, 0.717) is 12.2 Å². The van der Waals surface area contributed by atoms with Gasteiger partial charge in [-0.3, -0.25) is 9.89 Å². The van der Waals surface area contributed by atoms with E-state index in [0.717, 1.165) is 49.5 Å². The number of aliphatic hydroxyl groups is 1. The Kier molecular flexibility index (Phi) is 5.43. The zero-order valence-corrected chi connectivity index (χ0v) is 13.8. The van der Waals surface area contributed by atoms with E-state index in [1.807, 2.05) is 17.5 Å². The van der Waals surface area contributed by atoms with Crippen molar-refractivity contribution in [2.24, 2.45) is 0 Å². The van der Waals surface area contributed by atoms with E-state index in [-0.39, 0.29) is 12.0 Å². The molecule has 1 aliphatic heterocycles. The van der Waals surface area contributed by atoms with Crippen LogP contribution in [0.15, 0.2) is 23.6 Å². The van der Waals surface area contributed by atoms with Gasteiger partial charge in [0.15, 0.2) is 5.69 Å². The number of hydrogen-bond acceptors (Lipinski definition) is 5. The Bertz CT molecular complexity index is 618. The van der Waals surface area contributed by atoms with E-state index in [4.69, 9.17) is 0 Å². The van der Waals surface area contributed by atoms with Crippen molar-refractivity contribution in [2.75, 3.05) is 26.2 Å². The van der Waals surface area contributed by atoms with Gasteiger partial charge in [0, 0.05) is 19.6 Å². The Hall–Kier alpha value is -1.70. The maximum absolute atomic E-state index is 12.1. The summed E-state index contributed by atoms with van der Waals surface area (Å²) in [4.78, 5) is 15.5. The number of thiophene rings is 1. The van der Waals surface area contributed by atoms with Crippen LogP contribution in [0.25, 0.3) is 10.6 Å². The molecule has 2 aromatic rings. The third-order valence-electron chi connectivity index (χ3n) is 4.09. The van der Waals surface area contributed by atoms with Gasteiger partial charge in [-0.2, -0.15) is 5.10 Å². The summed E-state index contributed by atoms with van der Waals surface area (Å²) in [5.41, 5.74) is 1.30. The minimum absolute atomic E-state index is 0.136. The van der Waals surface area contributed by atoms with E-state index in [2.05, 4.69) is 20.4 Å². The van der Waals surface area contributed by atoms with Gasteiger partial charge in [-0.05, 0) is 43.3 Å². The quantitative estimate of drug-likeness (QED) is 0.703.